The maximum atomic E-state index is 12.4. The van der Waals surface area contributed by atoms with Gasteiger partial charge in [-0.15, -0.1) is 0 Å². The summed E-state index contributed by atoms with van der Waals surface area (Å²) in [6.07, 6.45) is 1.58. The van der Waals surface area contributed by atoms with Gasteiger partial charge in [0.25, 0.3) is 0 Å². The van der Waals surface area contributed by atoms with Crippen molar-refractivity contribution in [3.63, 3.8) is 0 Å². The number of Topliss-reactive ketones (excluding diaryl/α,β-unsaturated/α-hetero) is 2. The number of nitrogens with zero attached hydrogens (tertiary/aromatic N) is 2. The van der Waals surface area contributed by atoms with Gasteiger partial charge in [-0.2, -0.15) is 0 Å². The summed E-state index contributed by atoms with van der Waals surface area (Å²) < 4.78 is 6.88. The number of hydrogen-bond acceptors (Lipinski definition) is 5. The summed E-state index contributed by atoms with van der Waals surface area (Å²) in [5.74, 6) is -1.19. The summed E-state index contributed by atoms with van der Waals surface area (Å²) in [5.41, 5.74) is 3.67. The van der Waals surface area contributed by atoms with E-state index in [-0.39, 0.29) is 17.2 Å². The smallest absolute Gasteiger partial charge is 0.359 e. The maximum Gasteiger partial charge on any atom is 0.359 e. The maximum absolute atomic E-state index is 12.4. The monoisotopic (exact) mass is 353 g/mol. The molecule has 3 rings (SSSR count). The molecule has 0 atom stereocenters. The Morgan fingerprint density at radius 2 is 1.92 bits per heavy atom. The fraction of sp³-hybridized carbons (Fsp3) is 0.263. The zero-order valence-corrected chi connectivity index (χ0v) is 15.0. The average molecular weight is 353 g/mol. The molecule has 7 heteroatoms. The van der Waals surface area contributed by atoms with E-state index in [9.17, 15) is 14.4 Å². The highest BCUT2D eigenvalue weighted by atomic mass is 16.5. The van der Waals surface area contributed by atoms with Gasteiger partial charge in [0.2, 0.25) is 5.78 Å². The normalized spacial score (nSPS) is 10.9. The van der Waals surface area contributed by atoms with Crippen LogP contribution in [0.25, 0.3) is 5.65 Å². The second-order valence-corrected chi connectivity index (χ2v) is 6.20. The summed E-state index contributed by atoms with van der Waals surface area (Å²) >= 11 is 0. The Bertz CT molecular complexity index is 1040. The van der Waals surface area contributed by atoms with Crippen molar-refractivity contribution in [2.75, 3.05) is 6.61 Å². The highest BCUT2D eigenvalue weighted by Crippen LogP contribution is 2.19. The van der Waals surface area contributed by atoms with Crippen LogP contribution in [0.15, 0.2) is 24.4 Å². The molecule has 26 heavy (non-hydrogen) atoms. The number of imidazole rings is 1. The highest BCUT2D eigenvalue weighted by Gasteiger charge is 2.21. The van der Waals surface area contributed by atoms with E-state index >= 15 is 0 Å². The topological polar surface area (TPSA) is 93.5 Å². The largest absolute Gasteiger partial charge is 0.452 e. The van der Waals surface area contributed by atoms with E-state index in [0.717, 1.165) is 5.69 Å². The van der Waals surface area contributed by atoms with Crippen LogP contribution in [0.3, 0.4) is 0 Å². The molecule has 7 nitrogen and oxygen atoms in total. The van der Waals surface area contributed by atoms with Crippen molar-refractivity contribution in [3.8, 4) is 0 Å². The van der Waals surface area contributed by atoms with Gasteiger partial charge in [-0.25, -0.2) is 9.78 Å². The number of rotatable bonds is 5. The summed E-state index contributed by atoms with van der Waals surface area (Å²) in [6, 6.07) is 5.53. The van der Waals surface area contributed by atoms with Crippen LogP contribution in [0.2, 0.25) is 0 Å². The molecule has 0 fully saturated rings. The molecule has 0 aliphatic rings. The third kappa shape index (κ3) is 3.03. The lowest BCUT2D eigenvalue weighted by molar-refractivity contribution is 0.0468. The van der Waals surface area contributed by atoms with Crippen LogP contribution in [0.4, 0.5) is 0 Å². The summed E-state index contributed by atoms with van der Waals surface area (Å²) in [5, 5.41) is 0. The first kappa shape index (κ1) is 17.6. The van der Waals surface area contributed by atoms with Crippen molar-refractivity contribution < 1.29 is 19.1 Å². The Hall–Kier alpha value is -3.22. The van der Waals surface area contributed by atoms with Crippen LogP contribution >= 0.6 is 0 Å². The van der Waals surface area contributed by atoms with Gasteiger partial charge in [-0.3, -0.25) is 9.59 Å². The molecule has 0 saturated carbocycles. The van der Waals surface area contributed by atoms with E-state index < -0.39 is 18.4 Å². The van der Waals surface area contributed by atoms with Gasteiger partial charge < -0.3 is 14.1 Å². The van der Waals surface area contributed by atoms with Crippen molar-refractivity contribution in [2.45, 2.75) is 27.7 Å². The highest BCUT2D eigenvalue weighted by molar-refractivity contribution is 6.04. The van der Waals surface area contributed by atoms with Crippen LogP contribution in [-0.2, 0) is 4.74 Å². The lowest BCUT2D eigenvalue weighted by Gasteiger charge is -2.02. The van der Waals surface area contributed by atoms with Gasteiger partial charge in [0, 0.05) is 23.1 Å². The molecular weight excluding hydrogens is 334 g/mol. The van der Waals surface area contributed by atoms with Crippen molar-refractivity contribution in [1.82, 2.24) is 14.4 Å². The van der Waals surface area contributed by atoms with Gasteiger partial charge in [0.05, 0.1) is 5.69 Å². The zero-order chi connectivity index (χ0) is 19.0. The van der Waals surface area contributed by atoms with Gasteiger partial charge in [-0.1, -0.05) is 6.07 Å². The lowest BCUT2D eigenvalue weighted by Crippen LogP contribution is -2.15. The molecule has 1 N–H and O–H groups in total. The minimum absolute atomic E-state index is 0.118. The molecule has 0 bridgehead atoms. The Morgan fingerprint density at radius 1 is 1.19 bits per heavy atom. The first-order valence-electron chi connectivity index (χ1n) is 8.14. The molecule has 0 aliphatic carbocycles. The van der Waals surface area contributed by atoms with Crippen LogP contribution < -0.4 is 0 Å². The quantitative estimate of drug-likeness (QED) is 0.562. The molecule has 134 valence electrons. The van der Waals surface area contributed by atoms with Crippen LogP contribution in [0.5, 0.6) is 0 Å². The van der Waals surface area contributed by atoms with Crippen molar-refractivity contribution in [3.05, 3.63) is 58.3 Å². The van der Waals surface area contributed by atoms with Crippen LogP contribution in [-0.4, -0.2) is 38.5 Å². The average Bonchev–Trinajstić information content (AvgIpc) is 3.14. The number of ketones is 2. The number of esters is 1. The van der Waals surface area contributed by atoms with Crippen molar-refractivity contribution >= 4 is 23.2 Å². The molecule has 3 heterocycles. The van der Waals surface area contributed by atoms with E-state index in [2.05, 4.69) is 9.97 Å². The summed E-state index contributed by atoms with van der Waals surface area (Å²) in [6.45, 7) is 6.34. The Balaban J connectivity index is 1.75. The fourth-order valence-electron chi connectivity index (χ4n) is 3.08. The minimum atomic E-state index is -0.672. The van der Waals surface area contributed by atoms with E-state index in [1.807, 2.05) is 19.1 Å². The predicted molar refractivity (Wildman–Crippen MR) is 94.8 cm³/mol. The van der Waals surface area contributed by atoms with Crippen molar-refractivity contribution in [1.29, 1.82) is 0 Å². The first-order valence-corrected chi connectivity index (χ1v) is 8.14. The molecule has 0 aliphatic heterocycles. The van der Waals surface area contributed by atoms with Gasteiger partial charge in [-0.05, 0) is 45.4 Å². The minimum Gasteiger partial charge on any atom is -0.452 e. The van der Waals surface area contributed by atoms with E-state index in [0.29, 0.717) is 22.5 Å². The standard InChI is InChI=1S/C19H19N3O4/c1-10-6-5-7-16-21-14(8-22(10)16)19(25)26-9-15(24)18-11(2)17(13(4)23)12(3)20-18/h5-8,20H,9H2,1-4H3. The molecule has 0 unspecified atom stereocenters. The molecule has 0 amide bonds. The number of carbonyl (C=O) groups is 3. The number of carbonyl (C=O) groups excluding carboxylic acids is 3. The molecule has 3 aromatic heterocycles. The number of ether oxygens (including phenoxy) is 1. The Kier molecular flexibility index (Phi) is 4.46. The number of aromatic amines is 1. The third-order valence-corrected chi connectivity index (χ3v) is 4.31. The number of aromatic nitrogens is 3. The van der Waals surface area contributed by atoms with Crippen LogP contribution in [0.1, 0.15) is 55.2 Å². The summed E-state index contributed by atoms with van der Waals surface area (Å²) in [7, 11) is 0. The van der Waals surface area contributed by atoms with E-state index in [1.54, 1.807) is 30.5 Å². The number of H-pyrrole nitrogens is 1. The molecule has 0 saturated heterocycles. The van der Waals surface area contributed by atoms with Gasteiger partial charge in [0.1, 0.15) is 5.65 Å². The Morgan fingerprint density at radius 3 is 2.54 bits per heavy atom. The van der Waals surface area contributed by atoms with E-state index in [4.69, 9.17) is 4.74 Å². The molecule has 0 aromatic carbocycles. The van der Waals surface area contributed by atoms with Gasteiger partial charge in [0.15, 0.2) is 18.1 Å². The Labute approximate surface area is 150 Å². The van der Waals surface area contributed by atoms with Crippen molar-refractivity contribution in [2.24, 2.45) is 0 Å². The second kappa shape index (κ2) is 6.59. The van der Waals surface area contributed by atoms with E-state index in [1.165, 1.54) is 6.92 Å². The lowest BCUT2D eigenvalue weighted by atomic mass is 10.1. The zero-order valence-electron chi connectivity index (χ0n) is 15.0. The second-order valence-electron chi connectivity index (χ2n) is 6.20. The first-order chi connectivity index (χ1) is 12.3. The molecular formula is C19H19N3O4. The molecule has 3 aromatic rings. The fourth-order valence-corrected chi connectivity index (χ4v) is 3.08. The number of pyridine rings is 1. The third-order valence-electron chi connectivity index (χ3n) is 4.31. The number of nitrogens with one attached hydrogen (secondary N) is 1. The SMILES string of the molecule is CC(=O)c1c(C)[nH]c(C(=O)COC(=O)c2cn3c(C)cccc3n2)c1C. The van der Waals surface area contributed by atoms with Crippen LogP contribution in [0, 0.1) is 20.8 Å². The number of fused-ring (bicyclic) bond motifs is 1. The number of aryl methyl sites for hydroxylation is 2. The number of hydrogen-bond donors (Lipinski definition) is 1. The molecule has 0 radical (unpaired) electrons. The molecule has 0 spiro atoms. The summed E-state index contributed by atoms with van der Waals surface area (Å²) in [4.78, 5) is 43.4. The van der Waals surface area contributed by atoms with Gasteiger partial charge >= 0.3 is 5.97 Å². The predicted octanol–water partition coefficient (Wildman–Crippen LogP) is 2.83.